The van der Waals surface area contributed by atoms with Gasteiger partial charge in [-0.3, -0.25) is 4.79 Å². The Hall–Kier alpha value is -1.51. The zero-order valence-electron chi connectivity index (χ0n) is 13.8. The van der Waals surface area contributed by atoms with Crippen LogP contribution >= 0.6 is 0 Å². The van der Waals surface area contributed by atoms with E-state index in [0.717, 1.165) is 36.2 Å². The van der Waals surface area contributed by atoms with Crippen LogP contribution in [0.5, 0.6) is 0 Å². The number of aryl methyl sites for hydroxylation is 1. The molecule has 0 spiro atoms. The molecule has 1 atom stereocenters. The molecule has 1 fully saturated rings. The van der Waals surface area contributed by atoms with Crippen LogP contribution < -0.4 is 10.6 Å². The number of carbonyl (C=O) groups excluding carboxylic acids is 1. The van der Waals surface area contributed by atoms with Gasteiger partial charge in [-0.05, 0) is 62.3 Å². The highest BCUT2D eigenvalue weighted by Gasteiger charge is 2.29. The highest BCUT2D eigenvalue weighted by atomic mass is 16.1. The van der Waals surface area contributed by atoms with Crippen molar-refractivity contribution in [2.24, 2.45) is 5.41 Å². The topological polar surface area (TPSA) is 41.1 Å². The van der Waals surface area contributed by atoms with E-state index in [1.54, 1.807) is 0 Å². The lowest BCUT2D eigenvalue weighted by Crippen LogP contribution is -2.40. The molecule has 1 aliphatic carbocycles. The minimum Gasteiger partial charge on any atom is -0.385 e. The van der Waals surface area contributed by atoms with Gasteiger partial charge in [0.05, 0.1) is 0 Å². The summed E-state index contributed by atoms with van der Waals surface area (Å²) in [5.41, 5.74) is 3.24. The molecule has 116 valence electrons. The minimum atomic E-state index is 0.0678. The van der Waals surface area contributed by atoms with Crippen molar-refractivity contribution in [1.82, 2.24) is 5.32 Å². The molecule has 0 saturated heterocycles. The third-order valence-corrected chi connectivity index (χ3v) is 4.39. The van der Waals surface area contributed by atoms with E-state index in [1.165, 1.54) is 12.8 Å². The molecule has 1 aromatic rings. The van der Waals surface area contributed by atoms with Gasteiger partial charge in [0.1, 0.15) is 0 Å². The smallest absolute Gasteiger partial charge is 0.251 e. The number of amides is 1. The second-order valence-corrected chi connectivity index (χ2v) is 6.99. The average Bonchev–Trinajstić information content (AvgIpc) is 2.37. The van der Waals surface area contributed by atoms with E-state index in [9.17, 15) is 4.79 Å². The molecule has 0 heterocycles. The van der Waals surface area contributed by atoms with Gasteiger partial charge in [0.15, 0.2) is 0 Å². The summed E-state index contributed by atoms with van der Waals surface area (Å²) in [5, 5.41) is 6.50. The molecule has 2 rings (SSSR count). The third-order valence-electron chi connectivity index (χ3n) is 4.39. The fourth-order valence-corrected chi connectivity index (χ4v) is 3.32. The maximum Gasteiger partial charge on any atom is 0.251 e. The van der Waals surface area contributed by atoms with E-state index in [1.807, 2.05) is 25.1 Å². The summed E-state index contributed by atoms with van der Waals surface area (Å²) < 4.78 is 0. The number of hydrogen-bond donors (Lipinski definition) is 2. The molecule has 1 unspecified atom stereocenters. The van der Waals surface area contributed by atoms with E-state index in [-0.39, 0.29) is 5.91 Å². The maximum atomic E-state index is 12.5. The zero-order valence-corrected chi connectivity index (χ0v) is 13.8. The van der Waals surface area contributed by atoms with E-state index in [4.69, 9.17) is 0 Å². The quantitative estimate of drug-likeness (QED) is 0.875. The number of carbonyl (C=O) groups is 1. The van der Waals surface area contributed by atoms with Crippen molar-refractivity contribution in [3.63, 3.8) is 0 Å². The average molecular weight is 288 g/mol. The van der Waals surface area contributed by atoms with Crippen LogP contribution in [0.2, 0.25) is 0 Å². The first-order valence-electron chi connectivity index (χ1n) is 8.07. The molecule has 21 heavy (non-hydrogen) atoms. The van der Waals surface area contributed by atoms with Gasteiger partial charge in [-0.25, -0.2) is 0 Å². The first kappa shape index (κ1) is 15.9. The molecule has 1 aromatic carbocycles. The van der Waals surface area contributed by atoms with Gasteiger partial charge < -0.3 is 10.6 Å². The Morgan fingerprint density at radius 3 is 2.76 bits per heavy atom. The first-order chi connectivity index (χ1) is 9.91. The Morgan fingerprint density at radius 2 is 2.14 bits per heavy atom. The van der Waals surface area contributed by atoms with E-state index < -0.39 is 0 Å². The molecule has 2 N–H and O–H groups in total. The summed E-state index contributed by atoms with van der Waals surface area (Å²) in [6, 6.07) is 6.27. The van der Waals surface area contributed by atoms with Crippen LogP contribution in [0.25, 0.3) is 0 Å². The molecule has 0 aliphatic heterocycles. The molecule has 1 amide bonds. The molecular weight excluding hydrogens is 260 g/mol. The van der Waals surface area contributed by atoms with Gasteiger partial charge in [-0.1, -0.05) is 20.3 Å². The normalized spacial score (nSPS) is 20.9. The Kier molecular flexibility index (Phi) is 4.92. The Morgan fingerprint density at radius 1 is 1.38 bits per heavy atom. The van der Waals surface area contributed by atoms with E-state index >= 15 is 0 Å². The van der Waals surface area contributed by atoms with Crippen LogP contribution in [0.3, 0.4) is 0 Å². The van der Waals surface area contributed by atoms with Crippen LogP contribution in [0, 0.1) is 12.3 Å². The molecule has 0 bridgehead atoms. The van der Waals surface area contributed by atoms with Gasteiger partial charge in [-0.2, -0.15) is 0 Å². The SMILES string of the molecule is CCNc1ccc(C(=O)NC2CCCC(C)(C)C2)c(C)c1. The lowest BCUT2D eigenvalue weighted by Gasteiger charge is -2.35. The van der Waals surface area contributed by atoms with Crippen molar-refractivity contribution in [3.8, 4) is 0 Å². The van der Waals surface area contributed by atoms with Gasteiger partial charge in [0.25, 0.3) is 5.91 Å². The van der Waals surface area contributed by atoms with E-state index in [2.05, 4.69) is 31.4 Å². The molecule has 3 nitrogen and oxygen atoms in total. The Balaban J connectivity index is 2.03. The van der Waals surface area contributed by atoms with E-state index in [0.29, 0.717) is 11.5 Å². The highest BCUT2D eigenvalue weighted by Crippen LogP contribution is 2.35. The van der Waals surface area contributed by atoms with Crippen LogP contribution in [0.15, 0.2) is 18.2 Å². The summed E-state index contributed by atoms with van der Waals surface area (Å²) in [6.07, 6.45) is 4.64. The lowest BCUT2D eigenvalue weighted by molar-refractivity contribution is 0.0902. The second kappa shape index (κ2) is 6.50. The Bertz CT molecular complexity index is 508. The van der Waals surface area contributed by atoms with Crippen LogP contribution in [0.4, 0.5) is 5.69 Å². The third kappa shape index (κ3) is 4.23. The van der Waals surface area contributed by atoms with Gasteiger partial charge >= 0.3 is 0 Å². The molecule has 1 aliphatic rings. The fraction of sp³-hybridized carbons (Fsp3) is 0.611. The second-order valence-electron chi connectivity index (χ2n) is 6.99. The summed E-state index contributed by atoms with van der Waals surface area (Å²) >= 11 is 0. The molecule has 3 heteroatoms. The van der Waals surface area contributed by atoms with Gasteiger partial charge in [0.2, 0.25) is 0 Å². The van der Waals surface area contributed by atoms with Crippen molar-refractivity contribution >= 4 is 11.6 Å². The predicted octanol–water partition coefficient (Wildman–Crippen LogP) is 4.13. The predicted molar refractivity (Wildman–Crippen MR) is 88.8 cm³/mol. The molecular formula is C18H28N2O. The summed E-state index contributed by atoms with van der Waals surface area (Å²) in [7, 11) is 0. The monoisotopic (exact) mass is 288 g/mol. The molecule has 1 saturated carbocycles. The van der Waals surface area contributed by atoms with Crippen LogP contribution in [-0.4, -0.2) is 18.5 Å². The molecule has 0 radical (unpaired) electrons. The fourth-order valence-electron chi connectivity index (χ4n) is 3.32. The van der Waals surface area contributed by atoms with Crippen molar-refractivity contribution in [1.29, 1.82) is 0 Å². The lowest BCUT2D eigenvalue weighted by atomic mass is 9.75. The van der Waals surface area contributed by atoms with Crippen molar-refractivity contribution in [3.05, 3.63) is 29.3 Å². The summed E-state index contributed by atoms with van der Waals surface area (Å²) in [5.74, 6) is 0.0678. The molecule has 0 aromatic heterocycles. The standard InChI is InChI=1S/C18H28N2O/c1-5-19-14-8-9-16(13(2)11-14)17(21)20-15-7-6-10-18(3,4)12-15/h8-9,11,15,19H,5-7,10,12H2,1-4H3,(H,20,21). The maximum absolute atomic E-state index is 12.5. The van der Waals surface area contributed by atoms with Crippen molar-refractivity contribution < 1.29 is 4.79 Å². The Labute approximate surface area is 128 Å². The van der Waals surface area contributed by atoms with Crippen molar-refractivity contribution in [2.45, 2.75) is 59.4 Å². The minimum absolute atomic E-state index is 0.0678. The first-order valence-corrected chi connectivity index (χ1v) is 8.07. The van der Waals surface area contributed by atoms with Crippen LogP contribution in [-0.2, 0) is 0 Å². The van der Waals surface area contributed by atoms with Crippen molar-refractivity contribution in [2.75, 3.05) is 11.9 Å². The number of benzene rings is 1. The van der Waals surface area contributed by atoms with Gasteiger partial charge in [0, 0.05) is 23.8 Å². The zero-order chi connectivity index (χ0) is 15.5. The number of rotatable bonds is 4. The number of nitrogens with one attached hydrogen (secondary N) is 2. The number of hydrogen-bond acceptors (Lipinski definition) is 2. The highest BCUT2D eigenvalue weighted by molar-refractivity contribution is 5.96. The number of anilines is 1. The summed E-state index contributed by atoms with van der Waals surface area (Å²) in [4.78, 5) is 12.5. The van der Waals surface area contributed by atoms with Gasteiger partial charge in [-0.15, -0.1) is 0 Å². The van der Waals surface area contributed by atoms with Crippen LogP contribution in [0.1, 0.15) is 62.4 Å². The largest absolute Gasteiger partial charge is 0.385 e. The summed E-state index contributed by atoms with van der Waals surface area (Å²) in [6.45, 7) is 9.55.